The van der Waals surface area contributed by atoms with Crippen molar-refractivity contribution in [2.75, 3.05) is 0 Å². The van der Waals surface area contributed by atoms with Crippen molar-refractivity contribution in [2.45, 2.75) is 25.1 Å². The van der Waals surface area contributed by atoms with E-state index >= 15 is 0 Å². The number of benzene rings is 1. The van der Waals surface area contributed by atoms with Gasteiger partial charge in [-0.15, -0.1) is 16.4 Å². The number of H-pyrrole nitrogens is 1. The topological polar surface area (TPSA) is 138 Å². The number of aromatic nitrogens is 7. The second-order valence-electron chi connectivity index (χ2n) is 9.12. The summed E-state index contributed by atoms with van der Waals surface area (Å²) in [5.41, 5.74) is 1.64. The molecule has 0 saturated heterocycles. The van der Waals surface area contributed by atoms with E-state index < -0.39 is 29.7 Å². The number of carbonyl (C=O) groups excluding carboxylic acids is 2. The van der Waals surface area contributed by atoms with E-state index in [2.05, 4.69) is 30.2 Å². The van der Waals surface area contributed by atoms with E-state index in [1.807, 2.05) is 0 Å². The molecule has 0 fully saturated rings. The average Bonchev–Trinajstić information content (AvgIpc) is 3.77. The van der Waals surface area contributed by atoms with E-state index in [-0.39, 0.29) is 20.5 Å². The van der Waals surface area contributed by atoms with Gasteiger partial charge < -0.3 is 9.72 Å². The summed E-state index contributed by atoms with van der Waals surface area (Å²) in [6.45, 7) is 0. The molecule has 1 aromatic carbocycles. The Bertz CT molecular complexity index is 1970. The van der Waals surface area contributed by atoms with Crippen LogP contribution in [0.1, 0.15) is 33.7 Å². The normalized spacial score (nSPS) is 14.6. The van der Waals surface area contributed by atoms with Crippen molar-refractivity contribution < 1.29 is 27.5 Å². The zero-order valence-electron chi connectivity index (χ0n) is 21.0. The van der Waals surface area contributed by atoms with Crippen molar-refractivity contribution in [3.05, 3.63) is 84.7 Å². The Labute approximate surface area is 256 Å². The van der Waals surface area contributed by atoms with Crippen LogP contribution in [-0.2, 0) is 16.0 Å². The van der Waals surface area contributed by atoms with Gasteiger partial charge in [-0.2, -0.15) is 17.9 Å². The molecular weight excluding hydrogens is 658 g/mol. The summed E-state index contributed by atoms with van der Waals surface area (Å²) in [5, 5.41) is 11.7. The second kappa shape index (κ2) is 10.9. The van der Waals surface area contributed by atoms with Crippen molar-refractivity contribution in [2.24, 2.45) is 0 Å². The third kappa shape index (κ3) is 5.22. The van der Waals surface area contributed by atoms with Crippen molar-refractivity contribution >= 4 is 58.1 Å². The number of alkyl halides is 3. The molecule has 220 valence electrons. The van der Waals surface area contributed by atoms with Crippen LogP contribution in [0.4, 0.5) is 13.2 Å². The number of nitrogens with one attached hydrogen (secondary N) is 1. The monoisotopic (exact) mass is 669 g/mol. The minimum absolute atomic E-state index is 0.154. The maximum atomic E-state index is 13.7. The molecule has 11 nitrogen and oxygen atoms in total. The smallest absolute Gasteiger partial charge is 0.382 e. The standard InChI is InChI=1S/C25H13Cl3F3N7O4S/c26-10-1-2-13(37-9-33-35-36-37)11(7-10)18-19(27)14-3-4-15(38(14)22(39)20(18)28)21-32-8-12(34-21)16-5-6-17(43-16)23(40)42-24(41)25(29,30)31/h1-2,5-9,15H,3-4H2,(H,32,34)/t15-/m0/s1. The first-order valence-electron chi connectivity index (χ1n) is 12.1. The van der Waals surface area contributed by atoms with Crippen LogP contribution in [0.15, 0.2) is 47.7 Å². The summed E-state index contributed by atoms with van der Waals surface area (Å²) >= 11 is 20.6. The molecule has 0 aliphatic carbocycles. The van der Waals surface area contributed by atoms with Gasteiger partial charge in [0, 0.05) is 21.8 Å². The molecule has 1 atom stereocenters. The minimum Gasteiger partial charge on any atom is -0.382 e. The Morgan fingerprint density at radius 3 is 2.63 bits per heavy atom. The highest BCUT2D eigenvalue weighted by molar-refractivity contribution is 7.17. The lowest BCUT2D eigenvalue weighted by atomic mass is 10.0. The zero-order chi connectivity index (χ0) is 30.6. The molecular formula is C25H13Cl3F3N7O4S. The van der Waals surface area contributed by atoms with Gasteiger partial charge in [-0.3, -0.25) is 9.36 Å². The predicted octanol–water partition coefficient (Wildman–Crippen LogP) is 5.68. The molecule has 18 heteroatoms. The summed E-state index contributed by atoms with van der Waals surface area (Å²) in [5.74, 6) is -3.65. The number of hydrogen-bond donors (Lipinski definition) is 1. The van der Waals surface area contributed by atoms with Crippen LogP contribution in [0.25, 0.3) is 27.4 Å². The number of nitrogens with zero attached hydrogens (tertiary/aromatic N) is 6. The van der Waals surface area contributed by atoms with Gasteiger partial charge in [-0.05, 0) is 53.6 Å². The Morgan fingerprint density at radius 1 is 1.12 bits per heavy atom. The number of esters is 2. The molecule has 0 bridgehead atoms. The molecule has 1 N–H and O–H groups in total. The molecule has 6 rings (SSSR count). The van der Waals surface area contributed by atoms with Crippen LogP contribution in [-0.4, -0.2) is 52.9 Å². The summed E-state index contributed by atoms with van der Waals surface area (Å²) in [7, 11) is 0. The van der Waals surface area contributed by atoms with Crippen molar-refractivity contribution in [3.8, 4) is 27.4 Å². The van der Waals surface area contributed by atoms with Crippen molar-refractivity contribution in [1.82, 2.24) is 34.7 Å². The molecule has 0 amide bonds. The van der Waals surface area contributed by atoms with Crippen LogP contribution >= 0.6 is 46.1 Å². The number of aromatic amines is 1. The first kappa shape index (κ1) is 29.0. The molecule has 0 radical (unpaired) electrons. The molecule has 43 heavy (non-hydrogen) atoms. The Morgan fingerprint density at radius 2 is 1.91 bits per heavy atom. The molecule has 0 unspecified atom stereocenters. The van der Waals surface area contributed by atoms with Crippen LogP contribution in [0.2, 0.25) is 15.1 Å². The molecule has 1 aliphatic rings. The van der Waals surface area contributed by atoms with Crippen molar-refractivity contribution in [1.29, 1.82) is 0 Å². The fraction of sp³-hybridized carbons (Fsp3) is 0.160. The summed E-state index contributed by atoms with van der Waals surface area (Å²) in [6, 6.07) is 7.02. The number of tetrazole rings is 1. The number of thiophene rings is 1. The maximum absolute atomic E-state index is 13.7. The Balaban J connectivity index is 1.33. The van der Waals surface area contributed by atoms with Gasteiger partial charge >= 0.3 is 18.1 Å². The van der Waals surface area contributed by atoms with E-state index in [1.165, 1.54) is 33.9 Å². The lowest BCUT2D eigenvalue weighted by Gasteiger charge is -2.18. The largest absolute Gasteiger partial charge is 0.491 e. The average molecular weight is 671 g/mol. The highest BCUT2D eigenvalue weighted by Crippen LogP contribution is 2.43. The van der Waals surface area contributed by atoms with Gasteiger partial charge in [0.05, 0.1) is 33.5 Å². The number of rotatable bonds is 5. The Kier molecular flexibility index (Phi) is 7.36. The molecule has 0 spiro atoms. The fourth-order valence-corrected chi connectivity index (χ4v) is 6.47. The van der Waals surface area contributed by atoms with Gasteiger partial charge in [0.2, 0.25) is 0 Å². The van der Waals surface area contributed by atoms with E-state index in [4.69, 9.17) is 34.8 Å². The van der Waals surface area contributed by atoms with Crippen LogP contribution in [0.3, 0.4) is 0 Å². The first-order valence-corrected chi connectivity index (χ1v) is 14.0. The molecule has 0 saturated carbocycles. The van der Waals surface area contributed by atoms with Crippen molar-refractivity contribution in [3.63, 3.8) is 0 Å². The lowest BCUT2D eigenvalue weighted by molar-refractivity contribution is -0.193. The fourth-order valence-electron chi connectivity index (χ4n) is 4.74. The van der Waals surface area contributed by atoms with E-state index in [1.54, 1.807) is 18.2 Å². The van der Waals surface area contributed by atoms with Gasteiger partial charge in [-0.25, -0.2) is 14.6 Å². The SMILES string of the molecule is O=C(OC(=O)C(F)(F)F)c1ccc(-c2cnc([C@@H]3CCc4c(Cl)c(-c5cc(Cl)ccc5-n5cnnn5)c(Cl)c(=O)n43)[nH]2)s1. The summed E-state index contributed by atoms with van der Waals surface area (Å²) in [4.78, 5) is 44.4. The minimum atomic E-state index is -5.30. The number of carbonyl (C=O) groups is 2. The zero-order valence-corrected chi connectivity index (χ0v) is 24.1. The van der Waals surface area contributed by atoms with Crippen LogP contribution < -0.4 is 5.56 Å². The molecule has 1 aliphatic heterocycles. The Hall–Kier alpha value is -4.05. The lowest BCUT2D eigenvalue weighted by Crippen LogP contribution is -2.27. The van der Waals surface area contributed by atoms with Crippen LogP contribution in [0.5, 0.6) is 0 Å². The first-order chi connectivity index (χ1) is 20.4. The molecule has 5 heterocycles. The highest BCUT2D eigenvalue weighted by Gasteiger charge is 2.43. The van der Waals surface area contributed by atoms with Gasteiger partial charge in [-0.1, -0.05) is 34.8 Å². The highest BCUT2D eigenvalue weighted by atomic mass is 35.5. The third-order valence-corrected chi connectivity index (χ3v) is 8.67. The number of hydrogen-bond acceptors (Lipinski definition) is 9. The second-order valence-corrected chi connectivity index (χ2v) is 11.4. The maximum Gasteiger partial charge on any atom is 0.491 e. The molecule has 5 aromatic rings. The van der Waals surface area contributed by atoms with E-state index in [0.29, 0.717) is 51.2 Å². The number of halogens is 6. The third-order valence-electron chi connectivity index (χ3n) is 6.58. The molecule has 4 aromatic heterocycles. The summed E-state index contributed by atoms with van der Waals surface area (Å²) < 4.78 is 44.1. The van der Waals surface area contributed by atoms with E-state index in [9.17, 15) is 27.6 Å². The van der Waals surface area contributed by atoms with E-state index in [0.717, 1.165) is 11.3 Å². The van der Waals surface area contributed by atoms with Crippen LogP contribution in [0, 0.1) is 0 Å². The van der Waals surface area contributed by atoms with Gasteiger partial charge in [0.25, 0.3) is 5.56 Å². The predicted molar refractivity (Wildman–Crippen MR) is 149 cm³/mol. The summed E-state index contributed by atoms with van der Waals surface area (Å²) in [6.07, 6.45) is -1.63. The number of fused-ring (bicyclic) bond motifs is 1. The number of pyridine rings is 1. The quantitative estimate of drug-likeness (QED) is 0.186. The number of imidazole rings is 1. The van der Waals surface area contributed by atoms with Gasteiger partial charge in [0.15, 0.2) is 0 Å². The number of ether oxygens (including phenoxy) is 1. The van der Waals surface area contributed by atoms with Gasteiger partial charge in [0.1, 0.15) is 22.1 Å².